The van der Waals surface area contributed by atoms with Crippen LogP contribution in [0.4, 0.5) is 14.5 Å². The third-order valence-corrected chi connectivity index (χ3v) is 5.64. The van der Waals surface area contributed by atoms with Gasteiger partial charge in [-0.2, -0.15) is 13.5 Å². The number of benzene rings is 1. The van der Waals surface area contributed by atoms with Crippen LogP contribution in [0.2, 0.25) is 0 Å². The number of pyridine rings is 1. The SMILES string of the molecule is CS(=O)(=O)O.O=C(O)c1cn(C2CC2)c2c(F)c(N3CCC(n4cncn4)C3)c(F)cc2c1=O. The summed E-state index contributed by atoms with van der Waals surface area (Å²) in [5.41, 5.74) is -1.60. The Hall–Kier alpha value is -3.39. The summed E-state index contributed by atoms with van der Waals surface area (Å²) < 4.78 is 59.5. The molecule has 11 nitrogen and oxygen atoms in total. The molecule has 1 saturated carbocycles. The van der Waals surface area contributed by atoms with Gasteiger partial charge in [-0.15, -0.1) is 0 Å². The van der Waals surface area contributed by atoms with Gasteiger partial charge in [0, 0.05) is 25.3 Å². The Labute approximate surface area is 192 Å². The van der Waals surface area contributed by atoms with Crippen LogP contribution in [0.1, 0.15) is 41.7 Å². The molecule has 1 aliphatic carbocycles. The fourth-order valence-corrected chi connectivity index (χ4v) is 4.08. The molecule has 0 radical (unpaired) electrons. The molecule has 0 bridgehead atoms. The first-order valence-electron chi connectivity index (χ1n) is 10.3. The van der Waals surface area contributed by atoms with Crippen LogP contribution >= 0.6 is 0 Å². The second kappa shape index (κ2) is 8.76. The van der Waals surface area contributed by atoms with Gasteiger partial charge >= 0.3 is 5.97 Å². The summed E-state index contributed by atoms with van der Waals surface area (Å²) in [6.07, 6.45) is 7.02. The molecule has 0 amide bonds. The van der Waals surface area contributed by atoms with Crippen LogP contribution in [0.15, 0.2) is 29.7 Å². The Morgan fingerprint density at radius 1 is 1.21 bits per heavy atom. The minimum atomic E-state index is -3.67. The summed E-state index contributed by atoms with van der Waals surface area (Å²) in [5.74, 6) is -3.12. The average molecular weight is 497 g/mol. The zero-order valence-corrected chi connectivity index (χ0v) is 18.7. The van der Waals surface area contributed by atoms with Gasteiger partial charge in [-0.25, -0.2) is 23.2 Å². The van der Waals surface area contributed by atoms with Crippen molar-refractivity contribution in [3.63, 3.8) is 0 Å². The fraction of sp³-hybridized carbons (Fsp3) is 0.400. The Morgan fingerprint density at radius 2 is 1.88 bits per heavy atom. The molecule has 5 rings (SSSR count). The third-order valence-electron chi connectivity index (χ3n) is 5.64. The molecule has 1 aromatic carbocycles. The van der Waals surface area contributed by atoms with Crippen molar-refractivity contribution >= 4 is 32.7 Å². The molecule has 182 valence electrons. The van der Waals surface area contributed by atoms with E-state index >= 15 is 4.39 Å². The van der Waals surface area contributed by atoms with Crippen molar-refractivity contribution in [2.24, 2.45) is 0 Å². The molecule has 2 fully saturated rings. The lowest BCUT2D eigenvalue weighted by Crippen LogP contribution is -2.25. The number of aromatic carboxylic acids is 1. The molecule has 0 spiro atoms. The fourth-order valence-electron chi connectivity index (χ4n) is 4.08. The summed E-state index contributed by atoms with van der Waals surface area (Å²) in [7, 11) is -3.67. The number of hydrogen-bond donors (Lipinski definition) is 2. The maximum absolute atomic E-state index is 15.6. The zero-order chi connectivity index (χ0) is 24.8. The highest BCUT2D eigenvalue weighted by atomic mass is 32.2. The van der Waals surface area contributed by atoms with Crippen LogP contribution in [-0.2, 0) is 10.1 Å². The van der Waals surface area contributed by atoms with E-state index in [1.54, 1.807) is 15.9 Å². The van der Waals surface area contributed by atoms with Gasteiger partial charge in [0.1, 0.15) is 29.7 Å². The number of nitrogens with zero attached hydrogens (tertiary/aromatic N) is 5. The predicted octanol–water partition coefficient (Wildman–Crippen LogP) is 1.86. The van der Waals surface area contributed by atoms with Crippen molar-refractivity contribution in [2.75, 3.05) is 24.2 Å². The van der Waals surface area contributed by atoms with Gasteiger partial charge in [-0.3, -0.25) is 9.35 Å². The van der Waals surface area contributed by atoms with Gasteiger partial charge in [-0.05, 0) is 25.3 Å². The number of carboxylic acid groups (broad SMARTS) is 1. The average Bonchev–Trinajstić information content (AvgIpc) is 3.20. The van der Waals surface area contributed by atoms with E-state index in [-0.39, 0.29) is 28.7 Å². The van der Waals surface area contributed by atoms with E-state index in [9.17, 15) is 27.5 Å². The first-order valence-corrected chi connectivity index (χ1v) is 12.1. The summed E-state index contributed by atoms with van der Waals surface area (Å²) in [5, 5.41) is 13.2. The lowest BCUT2D eigenvalue weighted by molar-refractivity contribution is 0.0694. The highest BCUT2D eigenvalue weighted by molar-refractivity contribution is 7.85. The molecule has 1 saturated heterocycles. The molecule has 2 aliphatic rings. The Bertz CT molecular complexity index is 1410. The quantitative estimate of drug-likeness (QED) is 0.515. The molecule has 1 atom stereocenters. The molecule has 3 aromatic rings. The number of carboxylic acids is 1. The summed E-state index contributed by atoms with van der Waals surface area (Å²) in [4.78, 5) is 29.5. The first kappa shape index (κ1) is 23.8. The van der Waals surface area contributed by atoms with E-state index in [4.69, 9.17) is 4.55 Å². The van der Waals surface area contributed by atoms with Gasteiger partial charge in [-0.1, -0.05) is 0 Å². The van der Waals surface area contributed by atoms with Crippen LogP contribution in [0, 0.1) is 11.6 Å². The monoisotopic (exact) mass is 497 g/mol. The van der Waals surface area contributed by atoms with E-state index < -0.39 is 38.7 Å². The Balaban J connectivity index is 0.000000499. The largest absolute Gasteiger partial charge is 0.477 e. The highest BCUT2D eigenvalue weighted by Crippen LogP contribution is 2.40. The Kier molecular flexibility index (Phi) is 6.12. The molecule has 1 unspecified atom stereocenters. The van der Waals surface area contributed by atoms with E-state index in [1.807, 2.05) is 0 Å². The van der Waals surface area contributed by atoms with E-state index in [1.165, 1.54) is 17.1 Å². The number of carbonyl (C=O) groups is 1. The zero-order valence-electron chi connectivity index (χ0n) is 17.9. The minimum Gasteiger partial charge on any atom is -0.477 e. The topological polar surface area (TPSA) is 148 Å². The van der Waals surface area contributed by atoms with E-state index in [2.05, 4.69) is 10.1 Å². The predicted molar refractivity (Wildman–Crippen MR) is 117 cm³/mol. The molecular formula is C20H21F2N5O6S. The van der Waals surface area contributed by atoms with Crippen molar-refractivity contribution in [2.45, 2.75) is 31.3 Å². The van der Waals surface area contributed by atoms with Crippen LogP contribution in [0.5, 0.6) is 0 Å². The van der Waals surface area contributed by atoms with Gasteiger partial charge in [0.2, 0.25) is 5.43 Å². The summed E-state index contributed by atoms with van der Waals surface area (Å²) in [6, 6.07) is 0.807. The number of anilines is 1. The molecular weight excluding hydrogens is 476 g/mol. The smallest absolute Gasteiger partial charge is 0.341 e. The number of aromatic nitrogens is 4. The summed E-state index contributed by atoms with van der Waals surface area (Å²) in [6.45, 7) is 0.772. The molecule has 34 heavy (non-hydrogen) atoms. The van der Waals surface area contributed by atoms with Crippen LogP contribution in [0.25, 0.3) is 10.9 Å². The second-order valence-corrected chi connectivity index (χ2v) is 9.70. The standard InChI is InChI=1S/C19H17F2N5O3.CH4O3S/c20-14-5-12-16(25(10-1-2-10)7-13(18(12)27)19(28)29)15(21)17(14)24-4-3-11(6-24)26-9-22-8-23-26;1-5(2,3)4/h5,7-11H,1-4,6H2,(H,28,29);1H3,(H,2,3,4). The first-order chi connectivity index (χ1) is 16.0. The maximum atomic E-state index is 15.6. The third kappa shape index (κ3) is 4.77. The van der Waals surface area contributed by atoms with E-state index in [0.717, 1.165) is 18.9 Å². The molecule has 2 N–H and O–H groups in total. The molecule has 14 heteroatoms. The van der Waals surface area contributed by atoms with Crippen molar-refractivity contribution < 1.29 is 31.7 Å². The van der Waals surface area contributed by atoms with Crippen molar-refractivity contribution in [1.29, 1.82) is 0 Å². The minimum absolute atomic E-state index is 0.0388. The van der Waals surface area contributed by atoms with Crippen molar-refractivity contribution in [3.8, 4) is 0 Å². The molecule has 2 aromatic heterocycles. The maximum Gasteiger partial charge on any atom is 0.341 e. The number of rotatable bonds is 4. The molecule has 3 heterocycles. The second-order valence-electron chi connectivity index (χ2n) is 8.23. The lowest BCUT2D eigenvalue weighted by Gasteiger charge is -2.22. The van der Waals surface area contributed by atoms with Crippen molar-refractivity contribution in [1.82, 2.24) is 19.3 Å². The Morgan fingerprint density at radius 3 is 2.44 bits per heavy atom. The van der Waals surface area contributed by atoms with Crippen molar-refractivity contribution in [3.05, 3.63) is 52.3 Å². The lowest BCUT2D eigenvalue weighted by atomic mass is 10.1. The van der Waals surface area contributed by atoms with Gasteiger partial charge in [0.25, 0.3) is 10.1 Å². The molecule has 1 aliphatic heterocycles. The van der Waals surface area contributed by atoms with Gasteiger partial charge in [0.15, 0.2) is 5.82 Å². The van der Waals surface area contributed by atoms with Gasteiger partial charge in [0.05, 0.1) is 23.2 Å². The highest BCUT2D eigenvalue weighted by Gasteiger charge is 2.33. The number of halogens is 2. The van der Waals surface area contributed by atoms with Crippen LogP contribution < -0.4 is 10.3 Å². The van der Waals surface area contributed by atoms with E-state index in [0.29, 0.717) is 25.8 Å². The van der Waals surface area contributed by atoms with Gasteiger partial charge < -0.3 is 14.6 Å². The normalized spacial score (nSPS) is 18.1. The van der Waals surface area contributed by atoms with Crippen LogP contribution in [0.3, 0.4) is 0 Å². The summed E-state index contributed by atoms with van der Waals surface area (Å²) >= 11 is 0. The number of fused-ring (bicyclic) bond motifs is 1. The number of hydrogen-bond acceptors (Lipinski definition) is 7. The van der Waals surface area contributed by atoms with Crippen LogP contribution in [-0.4, -0.2) is 62.7 Å².